The first-order valence-electron chi connectivity index (χ1n) is 7.86. The van der Waals surface area contributed by atoms with Crippen molar-refractivity contribution in [1.29, 1.82) is 0 Å². The fraction of sp³-hybridized carbons (Fsp3) is 0.938. The number of hydrogen-bond acceptors (Lipinski definition) is 3. The number of likely N-dealkylation sites (tertiary alicyclic amines) is 1. The average Bonchev–Trinajstić information content (AvgIpc) is 2.35. The van der Waals surface area contributed by atoms with E-state index in [4.69, 9.17) is 4.74 Å². The molecule has 0 bridgehead atoms. The summed E-state index contributed by atoms with van der Waals surface area (Å²) in [5.41, 5.74) is -0.192. The molecule has 1 amide bonds. The zero-order chi connectivity index (χ0) is 15.4. The van der Waals surface area contributed by atoms with Crippen LogP contribution in [0.5, 0.6) is 0 Å². The lowest BCUT2D eigenvalue weighted by atomic mass is 9.94. The maximum absolute atomic E-state index is 12.0. The minimum absolute atomic E-state index is 0.169. The highest BCUT2D eigenvalue weighted by Crippen LogP contribution is 2.20. The summed E-state index contributed by atoms with van der Waals surface area (Å²) in [6, 6.07) is 0. The van der Waals surface area contributed by atoms with Gasteiger partial charge in [0.25, 0.3) is 0 Å². The van der Waals surface area contributed by atoms with E-state index in [1.165, 1.54) is 0 Å². The van der Waals surface area contributed by atoms with E-state index in [1.54, 1.807) is 0 Å². The van der Waals surface area contributed by atoms with E-state index in [0.717, 1.165) is 38.9 Å². The molecular weight excluding hydrogens is 252 g/mol. The molecule has 0 unspecified atom stereocenters. The van der Waals surface area contributed by atoms with Crippen LogP contribution in [0.4, 0.5) is 4.79 Å². The molecule has 0 aromatic carbocycles. The number of piperidine rings is 1. The lowest BCUT2D eigenvalue weighted by molar-refractivity contribution is 0.0181. The van der Waals surface area contributed by atoms with Crippen molar-refractivity contribution >= 4 is 6.09 Å². The highest BCUT2D eigenvalue weighted by molar-refractivity contribution is 5.68. The van der Waals surface area contributed by atoms with Gasteiger partial charge in [0.2, 0.25) is 0 Å². The molecule has 20 heavy (non-hydrogen) atoms. The van der Waals surface area contributed by atoms with Gasteiger partial charge in [-0.25, -0.2) is 4.79 Å². The highest BCUT2D eigenvalue weighted by Gasteiger charge is 2.27. The predicted molar refractivity (Wildman–Crippen MR) is 82.9 cm³/mol. The molecular formula is C16H32N2O2. The summed E-state index contributed by atoms with van der Waals surface area (Å²) in [7, 11) is 0. The van der Waals surface area contributed by atoms with Gasteiger partial charge >= 0.3 is 6.09 Å². The van der Waals surface area contributed by atoms with E-state index in [-0.39, 0.29) is 11.6 Å². The second-order valence-electron chi connectivity index (χ2n) is 7.53. The van der Waals surface area contributed by atoms with Gasteiger partial charge < -0.3 is 15.0 Å². The molecule has 1 N–H and O–H groups in total. The number of hydrogen-bond donors (Lipinski definition) is 1. The van der Waals surface area contributed by atoms with Crippen molar-refractivity contribution in [2.24, 2.45) is 5.92 Å². The van der Waals surface area contributed by atoms with Crippen LogP contribution in [0.25, 0.3) is 0 Å². The van der Waals surface area contributed by atoms with Crippen LogP contribution in [0.3, 0.4) is 0 Å². The topological polar surface area (TPSA) is 41.6 Å². The molecule has 4 nitrogen and oxygen atoms in total. The van der Waals surface area contributed by atoms with E-state index in [1.807, 2.05) is 25.7 Å². The Hall–Kier alpha value is -0.770. The van der Waals surface area contributed by atoms with Gasteiger partial charge in [0.1, 0.15) is 5.60 Å². The summed E-state index contributed by atoms with van der Waals surface area (Å²) in [6.45, 7) is 15.1. The number of carbonyl (C=O) groups is 1. The van der Waals surface area contributed by atoms with Crippen molar-refractivity contribution in [3.8, 4) is 0 Å². The Balaban J connectivity index is 2.31. The fourth-order valence-corrected chi connectivity index (χ4v) is 2.19. The number of ether oxygens (including phenoxy) is 1. The molecule has 1 heterocycles. The van der Waals surface area contributed by atoms with Crippen LogP contribution in [0.2, 0.25) is 0 Å². The predicted octanol–water partition coefficient (Wildman–Crippen LogP) is 3.41. The SMILES string of the molecule is CCC(C)(C)NCC1CCN(C(=O)OC(C)(C)C)CC1. The van der Waals surface area contributed by atoms with E-state index < -0.39 is 5.60 Å². The molecule has 0 saturated carbocycles. The minimum atomic E-state index is -0.402. The van der Waals surface area contributed by atoms with Crippen molar-refractivity contribution in [3.05, 3.63) is 0 Å². The van der Waals surface area contributed by atoms with E-state index >= 15 is 0 Å². The first kappa shape index (κ1) is 17.3. The highest BCUT2D eigenvalue weighted by atomic mass is 16.6. The Kier molecular flexibility index (Phi) is 5.87. The molecule has 0 aromatic heterocycles. The lowest BCUT2D eigenvalue weighted by Gasteiger charge is -2.35. The quantitative estimate of drug-likeness (QED) is 0.860. The van der Waals surface area contributed by atoms with E-state index in [9.17, 15) is 4.79 Å². The Labute approximate surface area is 124 Å². The molecule has 1 aliphatic heterocycles. The fourth-order valence-electron chi connectivity index (χ4n) is 2.19. The summed E-state index contributed by atoms with van der Waals surface area (Å²) in [6.07, 6.45) is 3.08. The summed E-state index contributed by atoms with van der Waals surface area (Å²) < 4.78 is 5.42. The van der Waals surface area contributed by atoms with Crippen molar-refractivity contribution < 1.29 is 9.53 Å². The second kappa shape index (κ2) is 6.79. The Morgan fingerprint density at radius 3 is 2.20 bits per heavy atom. The van der Waals surface area contributed by atoms with Crippen molar-refractivity contribution in [3.63, 3.8) is 0 Å². The van der Waals surface area contributed by atoms with Crippen LogP contribution in [-0.4, -0.2) is 41.8 Å². The standard InChI is InChI=1S/C16H32N2O2/c1-7-16(5,6)17-12-13-8-10-18(11-9-13)14(19)20-15(2,3)4/h13,17H,7-12H2,1-6H3. The largest absolute Gasteiger partial charge is 0.444 e. The van der Waals surface area contributed by atoms with Crippen LogP contribution in [0.1, 0.15) is 60.8 Å². The molecule has 0 aliphatic carbocycles. The monoisotopic (exact) mass is 284 g/mol. The molecule has 0 aromatic rings. The summed E-state index contributed by atoms with van der Waals surface area (Å²) in [4.78, 5) is 13.8. The van der Waals surface area contributed by atoms with Gasteiger partial charge in [-0.15, -0.1) is 0 Å². The minimum Gasteiger partial charge on any atom is -0.444 e. The molecule has 1 saturated heterocycles. The first-order valence-corrected chi connectivity index (χ1v) is 7.86. The van der Waals surface area contributed by atoms with Gasteiger partial charge in [-0.3, -0.25) is 0 Å². The van der Waals surface area contributed by atoms with Crippen molar-refractivity contribution in [2.45, 2.75) is 71.9 Å². The van der Waals surface area contributed by atoms with Crippen LogP contribution >= 0.6 is 0 Å². The number of rotatable bonds is 4. The maximum atomic E-state index is 12.0. The van der Waals surface area contributed by atoms with Gasteiger partial charge in [-0.1, -0.05) is 6.92 Å². The Morgan fingerprint density at radius 2 is 1.75 bits per heavy atom. The molecule has 1 fully saturated rings. The summed E-state index contributed by atoms with van der Waals surface area (Å²) in [5.74, 6) is 0.666. The molecule has 4 heteroatoms. The third-order valence-corrected chi connectivity index (χ3v) is 4.02. The first-order chi connectivity index (χ1) is 9.13. The lowest BCUT2D eigenvalue weighted by Crippen LogP contribution is -2.46. The third-order valence-electron chi connectivity index (χ3n) is 4.02. The molecule has 0 spiro atoms. The zero-order valence-electron chi connectivity index (χ0n) is 14.1. The summed E-state index contributed by atoms with van der Waals surface area (Å²) >= 11 is 0. The molecule has 0 atom stereocenters. The number of amides is 1. The van der Waals surface area contributed by atoms with Crippen molar-refractivity contribution in [1.82, 2.24) is 10.2 Å². The molecule has 1 rings (SSSR count). The van der Waals surface area contributed by atoms with E-state index in [0.29, 0.717) is 5.92 Å². The number of nitrogens with zero attached hydrogens (tertiary/aromatic N) is 1. The third kappa shape index (κ3) is 6.12. The van der Waals surface area contributed by atoms with Crippen LogP contribution in [0, 0.1) is 5.92 Å². The smallest absolute Gasteiger partial charge is 0.410 e. The number of carbonyl (C=O) groups excluding carboxylic acids is 1. The second-order valence-corrected chi connectivity index (χ2v) is 7.53. The van der Waals surface area contributed by atoms with E-state index in [2.05, 4.69) is 26.1 Å². The van der Waals surface area contributed by atoms with Gasteiger partial charge in [0.15, 0.2) is 0 Å². The van der Waals surface area contributed by atoms with Gasteiger partial charge in [-0.05, 0) is 66.3 Å². The molecule has 118 valence electrons. The van der Waals surface area contributed by atoms with Gasteiger partial charge in [-0.2, -0.15) is 0 Å². The normalized spacial score (nSPS) is 18.2. The van der Waals surface area contributed by atoms with Crippen LogP contribution in [0.15, 0.2) is 0 Å². The zero-order valence-corrected chi connectivity index (χ0v) is 14.1. The summed E-state index contributed by atoms with van der Waals surface area (Å²) in [5, 5.41) is 3.63. The van der Waals surface area contributed by atoms with Gasteiger partial charge in [0.05, 0.1) is 0 Å². The van der Waals surface area contributed by atoms with Crippen LogP contribution < -0.4 is 5.32 Å². The van der Waals surface area contributed by atoms with Crippen LogP contribution in [-0.2, 0) is 4.74 Å². The number of nitrogens with one attached hydrogen (secondary N) is 1. The maximum Gasteiger partial charge on any atom is 0.410 e. The van der Waals surface area contributed by atoms with Gasteiger partial charge in [0, 0.05) is 18.6 Å². The average molecular weight is 284 g/mol. The Bertz CT molecular complexity index is 313. The van der Waals surface area contributed by atoms with Crippen molar-refractivity contribution in [2.75, 3.05) is 19.6 Å². The molecule has 0 radical (unpaired) electrons. The Morgan fingerprint density at radius 1 is 1.20 bits per heavy atom. The molecule has 1 aliphatic rings.